The Kier molecular flexibility index (Phi) is 11.1. The van der Waals surface area contributed by atoms with Gasteiger partial charge in [-0.3, -0.25) is 0 Å². The molecule has 2 aliphatic rings. The van der Waals surface area contributed by atoms with Gasteiger partial charge < -0.3 is 32.6 Å². The van der Waals surface area contributed by atoms with Gasteiger partial charge in [0.25, 0.3) is 6.71 Å². The highest BCUT2D eigenvalue weighted by Crippen LogP contribution is 2.53. The highest BCUT2D eigenvalue weighted by molar-refractivity contribution is 7.00. The van der Waals surface area contributed by atoms with E-state index in [4.69, 9.17) is 2.74 Å². The summed E-state index contributed by atoms with van der Waals surface area (Å²) < 4.78 is 242. The maximum Gasteiger partial charge on any atom is 0.252 e. The predicted octanol–water partition coefficient (Wildman–Crippen LogP) is 28.5. The lowest BCUT2D eigenvalue weighted by atomic mass is 9.33. The molecule has 0 unspecified atom stereocenters. The lowest BCUT2D eigenvalue weighted by Crippen LogP contribution is -2.61. The summed E-state index contributed by atoms with van der Waals surface area (Å²) in [4.78, 5) is 4.22. The molecule has 0 N–H and O–H groups in total. The van der Waals surface area contributed by atoms with Crippen LogP contribution < -0.4 is 26.2 Å². The SMILES string of the molecule is [2H]c1c([2H])c([2H])c2c(c1[2H])c1c([2H])c([2H])c([2H])c([2H])c1n2-c1ccc2c(c1)N(c1cccc3c4cccc(-n5c6c([2H])c([2H])c([2H])c([2H])c6c6c([2H])c([2H])c([2H])c([2H])c65)c4n(-c4ccccc4)c13)c1cc(-n3c4c([2H])c([2H])c([2H])c([2H])c4c4c([2H])c([2H])c([2H])c([2H])c43)cc3c1B2c1ccc(-n2c4ccc(C(C)(C)C)cc4c4cc(C(C)(C)C)ccc42)cc1N3c1cc(-c2ccccc2)cc(-c2ccc(C(C)(C)C)cc2)c1. The van der Waals surface area contributed by atoms with Crippen molar-refractivity contribution >= 4 is 166 Å². The van der Waals surface area contributed by atoms with Crippen LogP contribution in [0.3, 0.4) is 0 Å². The fraction of sp³-hybridized carbons (Fsp3) is 0.105. The van der Waals surface area contributed by atoms with Crippen LogP contribution in [0, 0.1) is 0 Å². The molecule has 0 saturated carbocycles. The monoisotopic (exact) mass is 1590 g/mol. The molecule has 22 aromatic rings. The highest BCUT2D eigenvalue weighted by atomic mass is 15.2. The lowest BCUT2D eigenvalue weighted by Gasteiger charge is -2.45. The van der Waals surface area contributed by atoms with Crippen molar-refractivity contribution in [1.29, 1.82) is 0 Å². The first kappa shape index (κ1) is 51.0. The molecule has 17 aromatic carbocycles. The lowest BCUT2D eigenvalue weighted by molar-refractivity contribution is 0.590. The van der Waals surface area contributed by atoms with Crippen LogP contribution >= 0.6 is 0 Å². The van der Waals surface area contributed by atoms with Gasteiger partial charge in [0.15, 0.2) is 0 Å². The standard InChI is InChI=1S/C114H88BN7/c1-112(2,3)75-52-50-72(51-53-75)74-62-73(71-30-12-10-13-31-71)63-81(64-74)119-105-67-79(117-101-60-54-76(113(4,5)6)65-91(101)92-66-77(114(7,8)9)55-61-102(92)117)56-58-93(105)115-94-59-57-80(116-95-42-22-16-34-83(95)84-35-17-23-43-96(84)116)68-106(94)122(108-70-82(69-107(119)109(108)115)118-97-44-24-18-36-85(97)86-37-19-25-45-98(86)118)104-49-29-41-90-89-40-28-48-103(110(89)120(111(90)104)78-32-14-11-15-33-78)121-99-46-26-20-38-87(99)88-39-21-27-47-100(88)121/h10-70H,1-9H3/i16D,17D,18D,19D,20D,21D,22D,23D,24D,25D,26D,27D,34D,35D,36D,37D,38D,39D,42D,43D,44D,45D,46D,47D. The number of rotatable bonds is 9. The van der Waals surface area contributed by atoms with E-state index in [1.807, 2.05) is 119 Å². The zero-order chi connectivity index (χ0) is 103. The van der Waals surface area contributed by atoms with E-state index >= 15 is 0 Å². The molecule has 0 amide bonds. The van der Waals surface area contributed by atoms with Gasteiger partial charge in [-0.05, 0) is 211 Å². The second-order valence-electron chi connectivity index (χ2n) is 35.1. The summed E-state index contributed by atoms with van der Waals surface area (Å²) in [6.45, 7) is 18.7. The molecule has 7 nitrogen and oxygen atoms in total. The molecular formula is C114H88BN7. The summed E-state index contributed by atoms with van der Waals surface area (Å²) in [5.74, 6) is 0. The smallest absolute Gasteiger partial charge is 0.252 e. The van der Waals surface area contributed by atoms with Crippen LogP contribution in [-0.4, -0.2) is 29.5 Å². The largest absolute Gasteiger partial charge is 0.311 e. The fourth-order valence-electron chi connectivity index (χ4n) is 19.3. The molecule has 0 radical (unpaired) electrons. The first-order chi connectivity index (χ1) is 69.4. The van der Waals surface area contributed by atoms with Crippen molar-refractivity contribution < 1.29 is 32.9 Å². The Hall–Kier alpha value is -14.6. The molecule has 2 aliphatic heterocycles. The van der Waals surface area contributed by atoms with Gasteiger partial charge in [-0.15, -0.1) is 0 Å². The second kappa shape index (κ2) is 26.5. The van der Waals surface area contributed by atoms with Gasteiger partial charge in [-0.2, -0.15) is 0 Å². The molecule has 0 fully saturated rings. The van der Waals surface area contributed by atoms with Crippen molar-refractivity contribution in [3.63, 3.8) is 0 Å². The average molecular weight is 1590 g/mol. The van der Waals surface area contributed by atoms with Crippen molar-refractivity contribution in [1.82, 2.24) is 22.8 Å². The van der Waals surface area contributed by atoms with Crippen LogP contribution in [0.15, 0.2) is 369 Å². The third-order valence-electron chi connectivity index (χ3n) is 25.0. The second-order valence-corrected chi connectivity index (χ2v) is 35.1. The maximum atomic E-state index is 10.4. The Labute approximate surface area is 743 Å². The van der Waals surface area contributed by atoms with Crippen LogP contribution in [0.1, 0.15) is 112 Å². The topological polar surface area (TPSA) is 31.1 Å². The third-order valence-corrected chi connectivity index (χ3v) is 25.0. The van der Waals surface area contributed by atoms with Gasteiger partial charge in [0, 0.05) is 99.4 Å². The first-order valence-electron chi connectivity index (χ1n) is 53.0. The molecule has 0 saturated heterocycles. The third kappa shape index (κ3) is 10.7. The van der Waals surface area contributed by atoms with Crippen molar-refractivity contribution in [2.45, 2.75) is 78.6 Å². The molecule has 0 atom stereocenters. The van der Waals surface area contributed by atoms with Crippen molar-refractivity contribution in [2.24, 2.45) is 0 Å². The van der Waals surface area contributed by atoms with Crippen LogP contribution in [0.25, 0.3) is 160 Å². The zero-order valence-electron chi connectivity index (χ0n) is 92.1. The van der Waals surface area contributed by atoms with Gasteiger partial charge in [-0.1, -0.05) is 292 Å². The predicted molar refractivity (Wildman–Crippen MR) is 519 cm³/mol. The molecule has 122 heavy (non-hydrogen) atoms. The zero-order valence-corrected chi connectivity index (χ0v) is 68.1. The van der Waals surface area contributed by atoms with E-state index in [-0.39, 0.29) is 98.7 Å². The number of benzene rings is 17. The number of aromatic nitrogens is 5. The van der Waals surface area contributed by atoms with Crippen molar-refractivity contribution in [2.75, 3.05) is 9.80 Å². The minimum Gasteiger partial charge on any atom is -0.311 e. The number of anilines is 6. The molecular weight excluding hydrogens is 1480 g/mol. The van der Waals surface area contributed by atoms with Crippen LogP contribution in [0.4, 0.5) is 34.1 Å². The Balaban J connectivity index is 0.926. The van der Waals surface area contributed by atoms with E-state index in [9.17, 15) is 30.2 Å². The summed E-state index contributed by atoms with van der Waals surface area (Å²) in [5, 5.41) is 1.92. The molecule has 8 heteroatoms. The fourth-order valence-corrected chi connectivity index (χ4v) is 19.3. The van der Waals surface area contributed by atoms with E-state index in [0.29, 0.717) is 78.0 Å². The van der Waals surface area contributed by atoms with Gasteiger partial charge in [0.05, 0.1) is 105 Å². The Morgan fingerprint density at radius 2 is 0.598 bits per heavy atom. The Bertz CT molecular complexity index is 9400. The van der Waals surface area contributed by atoms with E-state index in [2.05, 4.69) is 169 Å². The van der Waals surface area contributed by atoms with E-state index < -0.39 is 152 Å². The van der Waals surface area contributed by atoms with Gasteiger partial charge in [-0.25, -0.2) is 0 Å². The maximum absolute atomic E-state index is 10.4. The molecule has 582 valence electrons. The first-order valence-corrected chi connectivity index (χ1v) is 41.0. The van der Waals surface area contributed by atoms with Gasteiger partial charge in [0.1, 0.15) is 0 Å². The van der Waals surface area contributed by atoms with Crippen molar-refractivity contribution in [3.8, 4) is 50.7 Å². The quantitative estimate of drug-likeness (QED) is 0.135. The number of hydrogen-bond acceptors (Lipinski definition) is 2. The molecule has 0 bridgehead atoms. The summed E-state index contributed by atoms with van der Waals surface area (Å²) in [5.41, 5.74) is 13.4. The van der Waals surface area contributed by atoms with Crippen molar-refractivity contribution in [3.05, 3.63) is 386 Å². The summed E-state index contributed by atoms with van der Waals surface area (Å²) >= 11 is 0. The number of para-hydroxylation sites is 9. The number of hydrogen-bond donors (Lipinski definition) is 0. The van der Waals surface area contributed by atoms with Crippen LogP contribution in [0.5, 0.6) is 0 Å². The normalized spacial score (nSPS) is 15.8. The Morgan fingerprint density at radius 3 is 1.07 bits per heavy atom. The van der Waals surface area contributed by atoms with E-state index in [1.165, 1.54) is 13.7 Å². The average Bonchev–Trinajstić information content (AvgIpc) is 0.989. The van der Waals surface area contributed by atoms with Crippen LogP contribution in [0.2, 0.25) is 0 Å². The van der Waals surface area contributed by atoms with Gasteiger partial charge in [0.2, 0.25) is 0 Å². The van der Waals surface area contributed by atoms with E-state index in [1.54, 1.807) is 18.2 Å². The summed E-state index contributed by atoms with van der Waals surface area (Å²) in [6.07, 6.45) is 0. The number of fused-ring (bicyclic) bond motifs is 19. The molecule has 24 rings (SSSR count). The molecule has 0 aliphatic carbocycles. The van der Waals surface area contributed by atoms with Crippen LogP contribution in [-0.2, 0) is 16.2 Å². The molecule has 7 heterocycles. The summed E-state index contributed by atoms with van der Waals surface area (Å²) in [7, 11) is 0. The minimum absolute atomic E-state index is 0.0959. The molecule has 5 aromatic heterocycles. The number of nitrogens with zero attached hydrogens (tertiary/aromatic N) is 7. The highest BCUT2D eigenvalue weighted by Gasteiger charge is 2.46. The van der Waals surface area contributed by atoms with E-state index in [0.717, 1.165) is 66.4 Å². The van der Waals surface area contributed by atoms with Gasteiger partial charge >= 0.3 is 0 Å². The molecule has 0 spiro atoms. The summed E-state index contributed by atoms with van der Waals surface area (Å²) in [6, 6.07) is 59.6. The minimum atomic E-state index is -0.973. The Morgan fingerprint density at radius 1 is 0.221 bits per heavy atom.